The van der Waals surface area contributed by atoms with Crippen molar-refractivity contribution in [3.8, 4) is 0 Å². The topological polar surface area (TPSA) is 38.3 Å². The summed E-state index contributed by atoms with van der Waals surface area (Å²) in [5.74, 6) is -0.407. The van der Waals surface area contributed by atoms with Gasteiger partial charge in [-0.25, -0.2) is 4.39 Å². The number of rotatable bonds is 3. The Morgan fingerprint density at radius 2 is 2.06 bits per heavy atom. The van der Waals surface area contributed by atoms with E-state index in [0.717, 1.165) is 26.1 Å². The van der Waals surface area contributed by atoms with Gasteiger partial charge in [0.25, 0.3) is 5.91 Å². The standard InChI is InChI=1S/C14H18FNO2/c1-10(11-6-8-18-9-7-11)16-14(17)12-4-2-3-5-13(12)15/h2-5,10-11H,6-9H2,1H3,(H,16,17). The summed E-state index contributed by atoms with van der Waals surface area (Å²) >= 11 is 0. The summed E-state index contributed by atoms with van der Waals surface area (Å²) in [5, 5.41) is 2.87. The first-order valence-corrected chi connectivity index (χ1v) is 6.31. The molecular weight excluding hydrogens is 233 g/mol. The molecule has 4 heteroatoms. The van der Waals surface area contributed by atoms with Gasteiger partial charge in [0.2, 0.25) is 0 Å². The van der Waals surface area contributed by atoms with Crippen LogP contribution in [-0.2, 0) is 4.74 Å². The van der Waals surface area contributed by atoms with E-state index < -0.39 is 5.82 Å². The second-order valence-corrected chi connectivity index (χ2v) is 4.69. The summed E-state index contributed by atoms with van der Waals surface area (Å²) in [7, 11) is 0. The normalized spacial score (nSPS) is 18.3. The summed E-state index contributed by atoms with van der Waals surface area (Å²) in [6, 6.07) is 6.08. The summed E-state index contributed by atoms with van der Waals surface area (Å²) in [6.07, 6.45) is 1.89. The van der Waals surface area contributed by atoms with Crippen molar-refractivity contribution in [1.29, 1.82) is 0 Å². The number of carbonyl (C=O) groups is 1. The van der Waals surface area contributed by atoms with Gasteiger partial charge in [-0.15, -0.1) is 0 Å². The van der Waals surface area contributed by atoms with Crippen molar-refractivity contribution < 1.29 is 13.9 Å². The third kappa shape index (κ3) is 3.07. The molecule has 2 rings (SSSR count). The molecule has 0 aromatic heterocycles. The number of benzene rings is 1. The number of ether oxygens (including phenoxy) is 1. The van der Waals surface area contributed by atoms with E-state index in [1.807, 2.05) is 6.92 Å². The highest BCUT2D eigenvalue weighted by molar-refractivity contribution is 5.94. The molecule has 1 aliphatic heterocycles. The molecule has 1 atom stereocenters. The van der Waals surface area contributed by atoms with Crippen LogP contribution in [0.15, 0.2) is 24.3 Å². The van der Waals surface area contributed by atoms with Gasteiger partial charge in [0.1, 0.15) is 5.82 Å². The molecule has 0 radical (unpaired) electrons. The molecule has 0 aliphatic carbocycles. The van der Waals surface area contributed by atoms with Crippen LogP contribution in [0.4, 0.5) is 4.39 Å². The molecule has 1 saturated heterocycles. The number of hydrogen-bond acceptors (Lipinski definition) is 2. The summed E-state index contributed by atoms with van der Waals surface area (Å²) in [4.78, 5) is 11.9. The van der Waals surface area contributed by atoms with Crippen LogP contribution in [0.3, 0.4) is 0 Å². The third-order valence-corrected chi connectivity index (χ3v) is 3.45. The van der Waals surface area contributed by atoms with Gasteiger partial charge in [-0.3, -0.25) is 4.79 Å². The first-order chi connectivity index (χ1) is 8.68. The zero-order valence-electron chi connectivity index (χ0n) is 10.5. The van der Waals surface area contributed by atoms with Crippen LogP contribution >= 0.6 is 0 Å². The highest BCUT2D eigenvalue weighted by Gasteiger charge is 2.22. The highest BCUT2D eigenvalue weighted by Crippen LogP contribution is 2.19. The van der Waals surface area contributed by atoms with Gasteiger partial charge in [-0.05, 0) is 37.8 Å². The summed E-state index contributed by atoms with van der Waals surface area (Å²) in [6.45, 7) is 3.45. The minimum atomic E-state index is -0.478. The van der Waals surface area contributed by atoms with E-state index in [4.69, 9.17) is 4.74 Å². The van der Waals surface area contributed by atoms with Crippen molar-refractivity contribution in [2.75, 3.05) is 13.2 Å². The number of carbonyl (C=O) groups excluding carboxylic acids is 1. The van der Waals surface area contributed by atoms with E-state index >= 15 is 0 Å². The van der Waals surface area contributed by atoms with Crippen LogP contribution in [0.2, 0.25) is 0 Å². The molecular formula is C14H18FNO2. The van der Waals surface area contributed by atoms with Gasteiger partial charge in [0.15, 0.2) is 0 Å². The van der Waals surface area contributed by atoms with Crippen LogP contribution in [0.1, 0.15) is 30.1 Å². The first-order valence-electron chi connectivity index (χ1n) is 6.31. The lowest BCUT2D eigenvalue weighted by Gasteiger charge is -2.28. The van der Waals surface area contributed by atoms with Crippen LogP contribution < -0.4 is 5.32 Å². The van der Waals surface area contributed by atoms with Crippen LogP contribution in [-0.4, -0.2) is 25.2 Å². The quantitative estimate of drug-likeness (QED) is 0.895. The van der Waals surface area contributed by atoms with Crippen molar-refractivity contribution in [2.24, 2.45) is 5.92 Å². The average Bonchev–Trinajstić information content (AvgIpc) is 2.40. The molecule has 1 heterocycles. The van der Waals surface area contributed by atoms with E-state index in [1.165, 1.54) is 12.1 Å². The van der Waals surface area contributed by atoms with Gasteiger partial charge < -0.3 is 10.1 Å². The molecule has 0 saturated carbocycles. The van der Waals surface area contributed by atoms with Crippen molar-refractivity contribution >= 4 is 5.91 Å². The monoisotopic (exact) mass is 251 g/mol. The molecule has 1 aromatic rings. The molecule has 1 aromatic carbocycles. The number of nitrogens with one attached hydrogen (secondary N) is 1. The fourth-order valence-electron chi connectivity index (χ4n) is 2.26. The molecule has 3 nitrogen and oxygen atoms in total. The van der Waals surface area contributed by atoms with Gasteiger partial charge in [-0.2, -0.15) is 0 Å². The summed E-state index contributed by atoms with van der Waals surface area (Å²) < 4.78 is 18.7. The van der Waals surface area contributed by atoms with Gasteiger partial charge in [-0.1, -0.05) is 12.1 Å². The maximum Gasteiger partial charge on any atom is 0.254 e. The third-order valence-electron chi connectivity index (χ3n) is 3.45. The maximum absolute atomic E-state index is 13.5. The lowest BCUT2D eigenvalue weighted by molar-refractivity contribution is 0.0537. The minimum absolute atomic E-state index is 0.0426. The average molecular weight is 251 g/mol. The molecule has 0 bridgehead atoms. The maximum atomic E-state index is 13.5. The zero-order valence-corrected chi connectivity index (χ0v) is 10.5. The molecule has 1 N–H and O–H groups in total. The number of amides is 1. The van der Waals surface area contributed by atoms with E-state index in [1.54, 1.807) is 12.1 Å². The zero-order chi connectivity index (χ0) is 13.0. The van der Waals surface area contributed by atoms with E-state index in [2.05, 4.69) is 5.32 Å². The highest BCUT2D eigenvalue weighted by atomic mass is 19.1. The van der Waals surface area contributed by atoms with Crippen molar-refractivity contribution in [2.45, 2.75) is 25.8 Å². The Labute approximate surface area is 106 Å². The molecule has 18 heavy (non-hydrogen) atoms. The smallest absolute Gasteiger partial charge is 0.254 e. The second kappa shape index (κ2) is 5.96. The van der Waals surface area contributed by atoms with Crippen molar-refractivity contribution in [1.82, 2.24) is 5.32 Å². The Bertz CT molecular complexity index is 416. The van der Waals surface area contributed by atoms with Crippen molar-refractivity contribution in [3.05, 3.63) is 35.6 Å². The lowest BCUT2D eigenvalue weighted by Crippen LogP contribution is -2.40. The summed E-state index contributed by atoms with van der Waals surface area (Å²) in [5.41, 5.74) is 0.108. The van der Waals surface area contributed by atoms with Gasteiger partial charge in [0.05, 0.1) is 5.56 Å². The SMILES string of the molecule is CC(NC(=O)c1ccccc1F)C1CCOCC1. The molecule has 1 fully saturated rings. The molecule has 1 unspecified atom stereocenters. The largest absolute Gasteiger partial charge is 0.381 e. The Kier molecular flexibility index (Phi) is 4.31. The molecule has 98 valence electrons. The van der Waals surface area contributed by atoms with E-state index in [-0.39, 0.29) is 17.5 Å². The minimum Gasteiger partial charge on any atom is -0.381 e. The Morgan fingerprint density at radius 3 is 2.72 bits per heavy atom. The Balaban J connectivity index is 1.96. The molecule has 0 spiro atoms. The second-order valence-electron chi connectivity index (χ2n) is 4.69. The number of hydrogen-bond donors (Lipinski definition) is 1. The van der Waals surface area contributed by atoms with Crippen LogP contribution in [0.5, 0.6) is 0 Å². The lowest BCUT2D eigenvalue weighted by atomic mass is 9.93. The van der Waals surface area contributed by atoms with Crippen LogP contribution in [0, 0.1) is 11.7 Å². The number of halogens is 1. The van der Waals surface area contributed by atoms with Crippen LogP contribution in [0.25, 0.3) is 0 Å². The fraction of sp³-hybridized carbons (Fsp3) is 0.500. The van der Waals surface area contributed by atoms with Gasteiger partial charge in [0, 0.05) is 19.3 Å². The molecule has 1 aliphatic rings. The van der Waals surface area contributed by atoms with Gasteiger partial charge >= 0.3 is 0 Å². The van der Waals surface area contributed by atoms with Crippen molar-refractivity contribution in [3.63, 3.8) is 0 Å². The fourth-order valence-corrected chi connectivity index (χ4v) is 2.26. The first kappa shape index (κ1) is 13.0. The Morgan fingerprint density at radius 1 is 1.39 bits per heavy atom. The van der Waals surface area contributed by atoms with E-state index in [0.29, 0.717) is 5.92 Å². The predicted molar refractivity (Wildman–Crippen MR) is 66.9 cm³/mol. The van der Waals surface area contributed by atoms with E-state index in [9.17, 15) is 9.18 Å². The molecule has 1 amide bonds. The Hall–Kier alpha value is -1.42. The predicted octanol–water partition coefficient (Wildman–Crippen LogP) is 2.37.